The van der Waals surface area contributed by atoms with E-state index in [0.29, 0.717) is 32.5 Å². The third-order valence-electron chi connectivity index (χ3n) is 2.97. The smallest absolute Gasteiger partial charge is 0.321 e. The fourth-order valence-electron chi connectivity index (χ4n) is 1.89. The van der Waals surface area contributed by atoms with Gasteiger partial charge < -0.3 is 10.1 Å². The monoisotopic (exact) mass is 235 g/mol. The van der Waals surface area contributed by atoms with Crippen LogP contribution in [-0.2, 0) is 9.53 Å². The van der Waals surface area contributed by atoms with E-state index in [1.54, 1.807) is 0 Å². The molecular formula is C11H19F2NO2. The van der Waals surface area contributed by atoms with E-state index in [9.17, 15) is 13.6 Å². The molecule has 0 aromatic rings. The molecule has 3 nitrogen and oxygen atoms in total. The highest BCUT2D eigenvalue weighted by Gasteiger charge is 2.37. The molecule has 0 aliphatic carbocycles. The van der Waals surface area contributed by atoms with Crippen LogP contribution in [0.2, 0.25) is 0 Å². The lowest BCUT2D eigenvalue weighted by molar-refractivity contribution is -0.145. The molecule has 1 saturated heterocycles. The minimum atomic E-state index is -3.31. The first-order chi connectivity index (χ1) is 7.32. The van der Waals surface area contributed by atoms with Crippen LogP contribution >= 0.6 is 0 Å². The fraction of sp³-hybridized carbons (Fsp3) is 0.909. The molecule has 0 spiro atoms. The zero-order valence-corrected chi connectivity index (χ0v) is 9.93. The minimum absolute atomic E-state index is 0.111. The second-order valence-corrected chi connectivity index (χ2v) is 4.74. The summed E-state index contributed by atoms with van der Waals surface area (Å²) in [5.41, 5.74) is 0. The third kappa shape index (κ3) is 3.40. The van der Waals surface area contributed by atoms with E-state index in [2.05, 4.69) is 5.32 Å². The molecule has 1 aliphatic heterocycles. The molecule has 16 heavy (non-hydrogen) atoms. The normalized spacial score (nSPS) is 26.9. The van der Waals surface area contributed by atoms with Gasteiger partial charge in [-0.25, -0.2) is 0 Å². The standard InChI is InChI=1S/C11H19F2NO2/c1-7(2)8-6-16-5-4-9(8)14-10(15)11(3,12)13/h7-9H,4-6H2,1-3H3,(H,14,15)/t8-,9+/m0/s1. The summed E-state index contributed by atoms with van der Waals surface area (Å²) >= 11 is 0. The number of nitrogens with one attached hydrogen (secondary N) is 1. The lowest BCUT2D eigenvalue weighted by atomic mass is 9.86. The van der Waals surface area contributed by atoms with Crippen molar-refractivity contribution in [3.8, 4) is 0 Å². The van der Waals surface area contributed by atoms with E-state index < -0.39 is 11.8 Å². The highest BCUT2D eigenvalue weighted by molar-refractivity contribution is 5.83. The third-order valence-corrected chi connectivity index (χ3v) is 2.97. The van der Waals surface area contributed by atoms with Crippen LogP contribution in [0.4, 0.5) is 8.78 Å². The summed E-state index contributed by atoms with van der Waals surface area (Å²) in [6, 6.07) is -0.202. The first-order valence-corrected chi connectivity index (χ1v) is 5.59. The molecule has 1 amide bonds. The molecule has 1 aliphatic rings. The molecule has 1 N–H and O–H groups in total. The fourth-order valence-corrected chi connectivity index (χ4v) is 1.89. The Morgan fingerprint density at radius 1 is 1.50 bits per heavy atom. The predicted molar refractivity (Wildman–Crippen MR) is 56.3 cm³/mol. The van der Waals surface area contributed by atoms with Crippen LogP contribution < -0.4 is 5.32 Å². The highest BCUT2D eigenvalue weighted by Crippen LogP contribution is 2.23. The number of hydrogen-bond acceptors (Lipinski definition) is 2. The SMILES string of the molecule is CC(C)[C@@H]1COCC[C@H]1NC(=O)C(C)(F)F. The van der Waals surface area contributed by atoms with Crippen LogP contribution in [0, 0.1) is 11.8 Å². The minimum Gasteiger partial charge on any atom is -0.381 e. The van der Waals surface area contributed by atoms with Crippen molar-refractivity contribution in [1.29, 1.82) is 0 Å². The maximum atomic E-state index is 12.8. The molecule has 2 atom stereocenters. The molecule has 0 bridgehead atoms. The number of amides is 1. The Balaban J connectivity index is 2.60. The van der Waals surface area contributed by atoms with Crippen molar-refractivity contribution in [2.75, 3.05) is 13.2 Å². The van der Waals surface area contributed by atoms with Crippen LogP contribution in [0.5, 0.6) is 0 Å². The Hall–Kier alpha value is -0.710. The van der Waals surface area contributed by atoms with Gasteiger partial charge in [-0.2, -0.15) is 8.78 Å². The molecule has 0 aromatic carbocycles. The lowest BCUT2D eigenvalue weighted by Gasteiger charge is -2.35. The van der Waals surface area contributed by atoms with Gasteiger partial charge in [0.15, 0.2) is 0 Å². The first-order valence-electron chi connectivity index (χ1n) is 5.59. The Morgan fingerprint density at radius 2 is 2.12 bits per heavy atom. The van der Waals surface area contributed by atoms with Crippen LogP contribution in [0.1, 0.15) is 27.2 Å². The number of halogens is 2. The lowest BCUT2D eigenvalue weighted by Crippen LogP contribution is -2.51. The predicted octanol–water partition coefficient (Wildman–Crippen LogP) is 1.82. The molecule has 0 aromatic heterocycles. The number of carbonyl (C=O) groups excluding carboxylic acids is 1. The first kappa shape index (κ1) is 13.4. The molecule has 5 heteroatoms. The maximum absolute atomic E-state index is 12.8. The molecule has 0 unspecified atom stereocenters. The van der Waals surface area contributed by atoms with Gasteiger partial charge in [0.25, 0.3) is 5.91 Å². The number of carbonyl (C=O) groups is 1. The summed E-state index contributed by atoms with van der Waals surface area (Å²) in [4.78, 5) is 11.2. The van der Waals surface area contributed by atoms with E-state index in [-0.39, 0.29) is 12.0 Å². The Kier molecular flexibility index (Phi) is 4.24. The number of alkyl halides is 2. The quantitative estimate of drug-likeness (QED) is 0.810. The van der Waals surface area contributed by atoms with Gasteiger partial charge in [0.05, 0.1) is 6.61 Å². The van der Waals surface area contributed by atoms with Gasteiger partial charge in [-0.3, -0.25) is 4.79 Å². The zero-order valence-electron chi connectivity index (χ0n) is 9.93. The Bertz CT molecular complexity index is 251. The van der Waals surface area contributed by atoms with Gasteiger partial charge >= 0.3 is 5.92 Å². The van der Waals surface area contributed by atoms with E-state index in [1.807, 2.05) is 13.8 Å². The van der Waals surface area contributed by atoms with Crippen molar-refractivity contribution in [1.82, 2.24) is 5.32 Å². The largest absolute Gasteiger partial charge is 0.381 e. The summed E-state index contributed by atoms with van der Waals surface area (Å²) in [6.45, 7) is 5.67. The van der Waals surface area contributed by atoms with Gasteiger partial charge in [-0.15, -0.1) is 0 Å². The Morgan fingerprint density at radius 3 is 2.62 bits per heavy atom. The second kappa shape index (κ2) is 5.08. The summed E-state index contributed by atoms with van der Waals surface area (Å²) in [5, 5.41) is 2.42. The van der Waals surface area contributed by atoms with E-state index in [1.165, 1.54) is 0 Å². The van der Waals surface area contributed by atoms with Gasteiger partial charge in [-0.05, 0) is 12.3 Å². The number of hydrogen-bond donors (Lipinski definition) is 1. The van der Waals surface area contributed by atoms with Crippen molar-refractivity contribution < 1.29 is 18.3 Å². The summed E-state index contributed by atoms with van der Waals surface area (Å²) < 4.78 is 30.8. The van der Waals surface area contributed by atoms with Crippen molar-refractivity contribution in [2.45, 2.75) is 39.2 Å². The van der Waals surface area contributed by atoms with Gasteiger partial charge in [0, 0.05) is 25.5 Å². The second-order valence-electron chi connectivity index (χ2n) is 4.74. The molecule has 1 heterocycles. The van der Waals surface area contributed by atoms with Crippen molar-refractivity contribution in [3.63, 3.8) is 0 Å². The average molecular weight is 235 g/mol. The van der Waals surface area contributed by atoms with Crippen molar-refractivity contribution in [3.05, 3.63) is 0 Å². The Labute approximate surface area is 94.5 Å². The molecular weight excluding hydrogens is 216 g/mol. The van der Waals surface area contributed by atoms with Crippen molar-refractivity contribution >= 4 is 5.91 Å². The van der Waals surface area contributed by atoms with E-state index in [0.717, 1.165) is 0 Å². The molecule has 94 valence electrons. The molecule has 1 fully saturated rings. The van der Waals surface area contributed by atoms with Gasteiger partial charge in [0.2, 0.25) is 0 Å². The van der Waals surface area contributed by atoms with Crippen LogP contribution in [0.3, 0.4) is 0 Å². The topological polar surface area (TPSA) is 38.3 Å². The zero-order chi connectivity index (χ0) is 12.3. The molecule has 1 rings (SSSR count). The maximum Gasteiger partial charge on any atom is 0.321 e. The molecule has 0 radical (unpaired) electrons. The summed E-state index contributed by atoms with van der Waals surface area (Å²) in [5.74, 6) is -4.08. The number of ether oxygens (including phenoxy) is 1. The average Bonchev–Trinajstić information content (AvgIpc) is 2.16. The molecule has 0 saturated carbocycles. The van der Waals surface area contributed by atoms with E-state index >= 15 is 0 Å². The van der Waals surface area contributed by atoms with E-state index in [4.69, 9.17) is 4.74 Å². The summed E-state index contributed by atoms with van der Waals surface area (Å²) in [6.07, 6.45) is 0.602. The summed E-state index contributed by atoms with van der Waals surface area (Å²) in [7, 11) is 0. The van der Waals surface area contributed by atoms with Crippen LogP contribution in [0.15, 0.2) is 0 Å². The number of rotatable bonds is 3. The van der Waals surface area contributed by atoms with Gasteiger partial charge in [0.1, 0.15) is 0 Å². The van der Waals surface area contributed by atoms with Crippen LogP contribution in [-0.4, -0.2) is 31.1 Å². The highest BCUT2D eigenvalue weighted by atomic mass is 19.3. The van der Waals surface area contributed by atoms with Crippen LogP contribution in [0.25, 0.3) is 0 Å². The van der Waals surface area contributed by atoms with Gasteiger partial charge in [-0.1, -0.05) is 13.8 Å². The van der Waals surface area contributed by atoms with Crippen molar-refractivity contribution in [2.24, 2.45) is 11.8 Å².